The zero-order chi connectivity index (χ0) is 11.1. The van der Waals surface area contributed by atoms with E-state index in [2.05, 4.69) is 5.32 Å². The lowest BCUT2D eigenvalue weighted by molar-refractivity contribution is -0.126. The summed E-state index contributed by atoms with van der Waals surface area (Å²) in [7, 11) is 0. The maximum atomic E-state index is 11.6. The third-order valence-corrected chi connectivity index (χ3v) is 2.35. The number of rotatable bonds is 6. The molecule has 0 aromatic rings. The Hall–Kier alpha value is -0.610. The molecule has 0 radical (unpaired) electrons. The van der Waals surface area contributed by atoms with Crippen molar-refractivity contribution in [2.45, 2.75) is 33.2 Å². The highest BCUT2D eigenvalue weighted by Gasteiger charge is 2.21. The zero-order valence-corrected chi connectivity index (χ0v) is 9.29. The molecule has 14 heavy (non-hydrogen) atoms. The highest BCUT2D eigenvalue weighted by molar-refractivity contribution is 5.79. The van der Waals surface area contributed by atoms with Gasteiger partial charge in [0, 0.05) is 19.2 Å². The first-order valence-electron chi connectivity index (χ1n) is 5.14. The molecule has 0 aromatic heterocycles. The Labute approximate surface area is 85.9 Å². The molecule has 0 aromatic carbocycles. The molecule has 2 unspecified atom stereocenters. The molecule has 0 saturated carbocycles. The standard InChI is InChI=1S/C10H22N2O2/c1-7(2)9(6-11)10(14)12-8(3)4-5-13/h7-9,13H,4-6,11H2,1-3H3,(H,12,14). The van der Waals surface area contributed by atoms with Crippen LogP contribution >= 0.6 is 0 Å². The lowest BCUT2D eigenvalue weighted by Crippen LogP contribution is -2.42. The molecular formula is C10H22N2O2. The normalized spacial score (nSPS) is 15.3. The minimum absolute atomic E-state index is 0.0107. The zero-order valence-electron chi connectivity index (χ0n) is 9.29. The molecule has 2 atom stereocenters. The molecule has 4 nitrogen and oxygen atoms in total. The number of aliphatic hydroxyl groups is 1. The van der Waals surface area contributed by atoms with Crippen molar-refractivity contribution in [2.75, 3.05) is 13.2 Å². The lowest BCUT2D eigenvalue weighted by Gasteiger charge is -2.21. The second kappa shape index (κ2) is 6.79. The van der Waals surface area contributed by atoms with E-state index in [-0.39, 0.29) is 30.4 Å². The number of aliphatic hydroxyl groups excluding tert-OH is 1. The molecule has 1 amide bonds. The highest BCUT2D eigenvalue weighted by atomic mass is 16.3. The average molecular weight is 202 g/mol. The van der Waals surface area contributed by atoms with Crippen molar-refractivity contribution >= 4 is 5.91 Å². The molecular weight excluding hydrogens is 180 g/mol. The van der Waals surface area contributed by atoms with Gasteiger partial charge in [-0.05, 0) is 19.3 Å². The van der Waals surface area contributed by atoms with Crippen molar-refractivity contribution < 1.29 is 9.90 Å². The first-order chi connectivity index (χ1) is 6.52. The van der Waals surface area contributed by atoms with Gasteiger partial charge in [-0.15, -0.1) is 0 Å². The van der Waals surface area contributed by atoms with Crippen molar-refractivity contribution in [1.82, 2.24) is 5.32 Å². The van der Waals surface area contributed by atoms with Crippen LogP contribution in [0.1, 0.15) is 27.2 Å². The van der Waals surface area contributed by atoms with Crippen LogP contribution < -0.4 is 11.1 Å². The van der Waals surface area contributed by atoms with Gasteiger partial charge in [-0.25, -0.2) is 0 Å². The van der Waals surface area contributed by atoms with Crippen LogP contribution in [0, 0.1) is 11.8 Å². The summed E-state index contributed by atoms with van der Waals surface area (Å²) in [6.07, 6.45) is 0.584. The van der Waals surface area contributed by atoms with Crippen LogP contribution in [0.2, 0.25) is 0 Å². The molecule has 4 heteroatoms. The van der Waals surface area contributed by atoms with Crippen molar-refractivity contribution in [3.05, 3.63) is 0 Å². The predicted octanol–water partition coefficient (Wildman–Crippen LogP) is 0.104. The minimum atomic E-state index is -0.129. The maximum absolute atomic E-state index is 11.6. The molecule has 0 rings (SSSR count). The first kappa shape index (κ1) is 13.4. The van der Waals surface area contributed by atoms with Crippen LogP contribution in [0.15, 0.2) is 0 Å². The van der Waals surface area contributed by atoms with Crippen LogP contribution in [0.5, 0.6) is 0 Å². The molecule has 84 valence electrons. The molecule has 0 aliphatic carbocycles. The fourth-order valence-corrected chi connectivity index (χ4v) is 1.30. The molecule has 0 spiro atoms. The summed E-state index contributed by atoms with van der Waals surface area (Å²) in [6, 6.07) is 0.0142. The molecule has 4 N–H and O–H groups in total. The molecule has 0 aliphatic rings. The number of carbonyl (C=O) groups excluding carboxylic acids is 1. The number of hydrogen-bond donors (Lipinski definition) is 3. The number of amides is 1. The predicted molar refractivity (Wildman–Crippen MR) is 56.7 cm³/mol. The second-order valence-corrected chi connectivity index (χ2v) is 4.01. The maximum Gasteiger partial charge on any atom is 0.224 e. The van der Waals surface area contributed by atoms with Crippen LogP contribution in [-0.2, 0) is 4.79 Å². The average Bonchev–Trinajstić information content (AvgIpc) is 2.04. The number of hydrogen-bond acceptors (Lipinski definition) is 3. The second-order valence-electron chi connectivity index (χ2n) is 4.01. The number of nitrogens with one attached hydrogen (secondary N) is 1. The Morgan fingerprint density at radius 2 is 2.00 bits per heavy atom. The van der Waals surface area contributed by atoms with E-state index in [1.54, 1.807) is 0 Å². The summed E-state index contributed by atoms with van der Waals surface area (Å²) in [5.41, 5.74) is 5.51. The van der Waals surface area contributed by atoms with E-state index in [0.717, 1.165) is 0 Å². The monoisotopic (exact) mass is 202 g/mol. The third-order valence-electron chi connectivity index (χ3n) is 2.35. The van der Waals surface area contributed by atoms with E-state index < -0.39 is 0 Å². The first-order valence-corrected chi connectivity index (χ1v) is 5.14. The molecule has 0 bridgehead atoms. The van der Waals surface area contributed by atoms with Crippen LogP contribution in [0.25, 0.3) is 0 Å². The summed E-state index contributed by atoms with van der Waals surface area (Å²) in [5.74, 6) is 0.112. The Morgan fingerprint density at radius 3 is 2.36 bits per heavy atom. The van der Waals surface area contributed by atoms with Gasteiger partial charge in [0.25, 0.3) is 0 Å². The van der Waals surface area contributed by atoms with E-state index in [1.165, 1.54) is 0 Å². The van der Waals surface area contributed by atoms with Gasteiger partial charge in [-0.2, -0.15) is 0 Å². The van der Waals surface area contributed by atoms with Crippen molar-refractivity contribution in [2.24, 2.45) is 17.6 Å². The SMILES string of the molecule is CC(CCO)NC(=O)C(CN)C(C)C. The quantitative estimate of drug-likeness (QED) is 0.572. The van der Waals surface area contributed by atoms with E-state index >= 15 is 0 Å². The van der Waals surface area contributed by atoms with Gasteiger partial charge in [0.1, 0.15) is 0 Å². The topological polar surface area (TPSA) is 75.3 Å². The van der Waals surface area contributed by atoms with Crippen molar-refractivity contribution in [1.29, 1.82) is 0 Å². The fraction of sp³-hybridized carbons (Fsp3) is 0.900. The van der Waals surface area contributed by atoms with Crippen LogP contribution in [0.4, 0.5) is 0 Å². The van der Waals surface area contributed by atoms with Gasteiger partial charge in [0.05, 0.1) is 5.92 Å². The minimum Gasteiger partial charge on any atom is -0.396 e. The van der Waals surface area contributed by atoms with Gasteiger partial charge >= 0.3 is 0 Å². The Bertz CT molecular complexity index is 172. The molecule has 0 saturated heterocycles. The van der Waals surface area contributed by atoms with E-state index in [0.29, 0.717) is 13.0 Å². The Balaban J connectivity index is 4.04. The van der Waals surface area contributed by atoms with Crippen molar-refractivity contribution in [3.8, 4) is 0 Å². The number of carbonyl (C=O) groups is 1. The van der Waals surface area contributed by atoms with Crippen LogP contribution in [0.3, 0.4) is 0 Å². The summed E-state index contributed by atoms with van der Waals surface area (Å²) in [6.45, 7) is 6.30. The van der Waals surface area contributed by atoms with E-state index in [4.69, 9.17) is 10.8 Å². The summed E-state index contributed by atoms with van der Waals surface area (Å²) in [4.78, 5) is 11.6. The van der Waals surface area contributed by atoms with Gasteiger partial charge in [0.15, 0.2) is 0 Å². The van der Waals surface area contributed by atoms with Gasteiger partial charge < -0.3 is 16.2 Å². The smallest absolute Gasteiger partial charge is 0.224 e. The number of nitrogens with two attached hydrogens (primary N) is 1. The van der Waals surface area contributed by atoms with Gasteiger partial charge in [-0.3, -0.25) is 4.79 Å². The summed E-state index contributed by atoms with van der Waals surface area (Å²) < 4.78 is 0. The third kappa shape index (κ3) is 4.58. The lowest BCUT2D eigenvalue weighted by atomic mass is 9.95. The van der Waals surface area contributed by atoms with Gasteiger partial charge in [-0.1, -0.05) is 13.8 Å². The van der Waals surface area contributed by atoms with E-state index in [1.807, 2.05) is 20.8 Å². The highest BCUT2D eigenvalue weighted by Crippen LogP contribution is 2.09. The van der Waals surface area contributed by atoms with Crippen molar-refractivity contribution in [3.63, 3.8) is 0 Å². The molecule has 0 fully saturated rings. The van der Waals surface area contributed by atoms with Crippen LogP contribution in [-0.4, -0.2) is 30.2 Å². The Morgan fingerprint density at radius 1 is 1.43 bits per heavy atom. The largest absolute Gasteiger partial charge is 0.396 e. The molecule has 0 aliphatic heterocycles. The molecule has 0 heterocycles. The van der Waals surface area contributed by atoms with E-state index in [9.17, 15) is 4.79 Å². The summed E-state index contributed by atoms with van der Waals surface area (Å²) >= 11 is 0. The summed E-state index contributed by atoms with van der Waals surface area (Å²) in [5, 5.41) is 11.5. The van der Waals surface area contributed by atoms with Gasteiger partial charge in [0.2, 0.25) is 5.91 Å². The fourth-order valence-electron chi connectivity index (χ4n) is 1.30. The Kier molecular flexibility index (Phi) is 6.49.